The van der Waals surface area contributed by atoms with E-state index in [0.717, 1.165) is 39.3 Å². The Morgan fingerprint density at radius 1 is 0.269 bits per heavy atom. The maximum atomic E-state index is 2.50. The van der Waals surface area contributed by atoms with Crippen molar-refractivity contribution >= 4 is 0 Å². The van der Waals surface area contributed by atoms with Gasteiger partial charge >= 0.3 is 0 Å². The number of rotatable bonds is 12. The molecule has 2 aliphatic rings. The van der Waals surface area contributed by atoms with E-state index in [0.29, 0.717) is 0 Å². The second kappa shape index (κ2) is 39.1. The van der Waals surface area contributed by atoms with Crippen LogP contribution in [0.3, 0.4) is 0 Å². The van der Waals surface area contributed by atoms with E-state index in [1.165, 1.54) is 77.9 Å². The fourth-order valence-corrected chi connectivity index (χ4v) is 10.7. The molecule has 0 N–H and O–H groups in total. The molecule has 0 aromatic heterocycles. The minimum atomic E-state index is -0.298. The predicted octanol–water partition coefficient (Wildman–Crippen LogP) is 22.0. The van der Waals surface area contributed by atoms with Crippen LogP contribution in [0.15, 0.2) is 206 Å². The molecule has 0 fully saturated rings. The third-order valence-corrected chi connectivity index (χ3v) is 13.7. The molecule has 0 unspecified atom stereocenters. The average Bonchev–Trinajstić information content (AvgIpc) is 4.04. The summed E-state index contributed by atoms with van der Waals surface area (Å²) in [5.74, 6) is 0. The van der Waals surface area contributed by atoms with E-state index in [-0.39, 0.29) is 10.8 Å². The molecular formula is C76H106N2. The van der Waals surface area contributed by atoms with Gasteiger partial charge in [-0.05, 0) is 104 Å². The standard InChI is InChI=1S/2C30H29N.8C2H6/c1-3-31(4-2)22-23-14-13-21-28-29(23)26-19-11-12-20-27(26)30(28,24-15-7-5-8-16-24)25-17-9-6-10-18-25;1-3-31(4-2)22-23-19-20-27-26-17-11-12-18-28(26)30(29(27)21-23,24-13-7-5-8-14-24)25-15-9-6-10-16-25;8*1-2/h2*5-21H,3-4,22H2,1-2H3;8*1-2H3. The number of hydrogen-bond donors (Lipinski definition) is 0. The third-order valence-electron chi connectivity index (χ3n) is 13.7. The first-order chi connectivity index (χ1) is 38.6. The fraction of sp³-hybridized carbons (Fsp3) is 0.368. The molecule has 0 aliphatic heterocycles. The lowest BCUT2D eigenvalue weighted by Gasteiger charge is -2.34. The van der Waals surface area contributed by atoms with Crippen LogP contribution in [0.25, 0.3) is 22.3 Å². The smallest absolute Gasteiger partial charge is 0.0713 e. The Bertz CT molecular complexity index is 2570. The number of nitrogens with zero attached hydrogens (tertiary/aromatic N) is 2. The van der Waals surface area contributed by atoms with Crippen LogP contribution in [0, 0.1) is 0 Å². The van der Waals surface area contributed by atoms with Crippen LogP contribution in [-0.2, 0) is 23.9 Å². The minimum absolute atomic E-state index is 0.298. The van der Waals surface area contributed by atoms with Crippen molar-refractivity contribution in [1.29, 1.82) is 0 Å². The molecule has 10 rings (SSSR count). The van der Waals surface area contributed by atoms with Gasteiger partial charge in [-0.1, -0.05) is 345 Å². The van der Waals surface area contributed by atoms with E-state index in [2.05, 4.69) is 244 Å². The maximum absolute atomic E-state index is 2.50. The monoisotopic (exact) mass is 1050 g/mol. The molecule has 420 valence electrons. The van der Waals surface area contributed by atoms with Crippen LogP contribution < -0.4 is 0 Å². The number of fused-ring (bicyclic) bond motifs is 6. The van der Waals surface area contributed by atoms with Crippen molar-refractivity contribution in [2.75, 3.05) is 26.2 Å². The first kappa shape index (κ1) is 69.7. The van der Waals surface area contributed by atoms with Gasteiger partial charge in [0, 0.05) is 13.1 Å². The normalized spacial score (nSPS) is 11.6. The quantitative estimate of drug-likeness (QED) is 0.120. The van der Waals surface area contributed by atoms with Gasteiger partial charge in [0.1, 0.15) is 0 Å². The van der Waals surface area contributed by atoms with E-state index in [1.54, 1.807) is 0 Å². The lowest BCUT2D eigenvalue weighted by Crippen LogP contribution is -2.29. The first-order valence-corrected chi connectivity index (χ1v) is 30.7. The molecule has 0 bridgehead atoms. The van der Waals surface area contributed by atoms with Gasteiger partial charge in [0.25, 0.3) is 0 Å². The van der Waals surface area contributed by atoms with Crippen LogP contribution in [0.1, 0.15) is 194 Å². The summed E-state index contributed by atoms with van der Waals surface area (Å²) in [6.07, 6.45) is 0. The minimum Gasteiger partial charge on any atom is -0.300 e. The molecule has 78 heavy (non-hydrogen) atoms. The van der Waals surface area contributed by atoms with Crippen molar-refractivity contribution in [2.24, 2.45) is 0 Å². The second-order valence-electron chi connectivity index (χ2n) is 16.7. The van der Waals surface area contributed by atoms with Crippen LogP contribution in [0.4, 0.5) is 0 Å². The molecule has 0 saturated carbocycles. The Morgan fingerprint density at radius 3 is 0.974 bits per heavy atom. The van der Waals surface area contributed by atoms with Crippen molar-refractivity contribution in [2.45, 2.75) is 162 Å². The van der Waals surface area contributed by atoms with Crippen LogP contribution in [0.2, 0.25) is 0 Å². The molecule has 0 atom stereocenters. The van der Waals surface area contributed by atoms with Crippen molar-refractivity contribution in [3.8, 4) is 22.3 Å². The summed E-state index contributed by atoms with van der Waals surface area (Å²) >= 11 is 0. The molecule has 0 radical (unpaired) electrons. The first-order valence-electron chi connectivity index (χ1n) is 30.7. The highest BCUT2D eigenvalue weighted by molar-refractivity contribution is 5.89. The Balaban J connectivity index is 0.000000622. The highest BCUT2D eigenvalue weighted by atomic mass is 15.1. The second-order valence-corrected chi connectivity index (χ2v) is 16.7. The molecule has 0 spiro atoms. The van der Waals surface area contributed by atoms with Gasteiger partial charge in [-0.25, -0.2) is 0 Å². The highest BCUT2D eigenvalue weighted by Crippen LogP contribution is 2.58. The maximum Gasteiger partial charge on any atom is 0.0713 e. The lowest BCUT2D eigenvalue weighted by molar-refractivity contribution is 0.296. The van der Waals surface area contributed by atoms with Crippen LogP contribution in [0.5, 0.6) is 0 Å². The van der Waals surface area contributed by atoms with E-state index in [4.69, 9.17) is 0 Å². The zero-order valence-corrected chi connectivity index (χ0v) is 52.8. The largest absolute Gasteiger partial charge is 0.300 e. The Hall–Kier alpha value is -6.32. The summed E-state index contributed by atoms with van der Waals surface area (Å²) in [5, 5.41) is 0. The van der Waals surface area contributed by atoms with E-state index in [1.807, 2.05) is 111 Å². The Kier molecular flexibility index (Phi) is 34.9. The van der Waals surface area contributed by atoms with Gasteiger partial charge in [0.05, 0.1) is 10.8 Å². The Labute approximate surface area is 480 Å². The lowest BCUT2D eigenvalue weighted by atomic mass is 9.67. The summed E-state index contributed by atoms with van der Waals surface area (Å²) in [6, 6.07) is 76.1. The van der Waals surface area contributed by atoms with Crippen molar-refractivity contribution in [3.63, 3.8) is 0 Å². The molecule has 2 heteroatoms. The average molecular weight is 1050 g/mol. The Morgan fingerprint density at radius 2 is 0.577 bits per heavy atom. The molecule has 8 aromatic carbocycles. The zero-order valence-electron chi connectivity index (χ0n) is 52.8. The molecule has 8 aromatic rings. The topological polar surface area (TPSA) is 6.48 Å². The molecule has 0 heterocycles. The molecule has 0 saturated heterocycles. The fourth-order valence-electron chi connectivity index (χ4n) is 10.7. The molecule has 0 amide bonds. The van der Waals surface area contributed by atoms with Crippen molar-refractivity contribution in [1.82, 2.24) is 9.80 Å². The van der Waals surface area contributed by atoms with E-state index < -0.39 is 0 Å². The van der Waals surface area contributed by atoms with Crippen molar-refractivity contribution < 1.29 is 0 Å². The van der Waals surface area contributed by atoms with Gasteiger partial charge in [0.2, 0.25) is 0 Å². The summed E-state index contributed by atoms with van der Waals surface area (Å²) in [4.78, 5) is 4.99. The molecule has 2 aliphatic carbocycles. The van der Waals surface area contributed by atoms with Crippen LogP contribution in [-0.4, -0.2) is 36.0 Å². The van der Waals surface area contributed by atoms with Gasteiger partial charge in [-0.3, -0.25) is 9.80 Å². The number of hydrogen-bond acceptors (Lipinski definition) is 2. The van der Waals surface area contributed by atoms with Gasteiger partial charge in [-0.15, -0.1) is 0 Å². The summed E-state index contributed by atoms with van der Waals surface area (Å²) in [7, 11) is 0. The van der Waals surface area contributed by atoms with Gasteiger partial charge in [-0.2, -0.15) is 0 Å². The van der Waals surface area contributed by atoms with E-state index >= 15 is 0 Å². The van der Waals surface area contributed by atoms with E-state index in [9.17, 15) is 0 Å². The predicted molar refractivity (Wildman–Crippen MR) is 352 cm³/mol. The van der Waals surface area contributed by atoms with Gasteiger partial charge in [0.15, 0.2) is 0 Å². The summed E-state index contributed by atoms with van der Waals surface area (Å²) in [6.45, 7) is 47.2. The number of benzene rings is 8. The van der Waals surface area contributed by atoms with Crippen molar-refractivity contribution in [3.05, 3.63) is 262 Å². The molecule has 2 nitrogen and oxygen atoms in total. The summed E-state index contributed by atoms with van der Waals surface area (Å²) < 4.78 is 0. The third kappa shape index (κ3) is 15.3. The van der Waals surface area contributed by atoms with Crippen LogP contribution >= 0.6 is 0 Å². The SMILES string of the molecule is CC.CC.CC.CC.CC.CC.CC.CC.CCN(CC)Cc1ccc2c(c1)C(c1ccccc1)(c1ccccc1)c1ccccc1-2.CCN(CC)Cc1cccc2c1-c1ccccc1C2(c1ccccc1)c1ccccc1. The highest BCUT2D eigenvalue weighted by Gasteiger charge is 2.47. The molecular weight excluding hydrogens is 941 g/mol. The zero-order chi connectivity index (χ0) is 58.5. The summed E-state index contributed by atoms with van der Waals surface area (Å²) in [5.41, 5.74) is 18.6. The van der Waals surface area contributed by atoms with Gasteiger partial charge < -0.3 is 0 Å².